The van der Waals surface area contributed by atoms with Crippen molar-refractivity contribution in [3.05, 3.63) is 23.8 Å². The Morgan fingerprint density at radius 3 is 2.55 bits per heavy atom. The van der Waals surface area contributed by atoms with Crippen molar-refractivity contribution < 1.29 is 33.7 Å². The van der Waals surface area contributed by atoms with E-state index in [1.165, 1.54) is 19.1 Å². The monoisotopic (exact) mass is 410 g/mol. The first-order chi connectivity index (χ1) is 13.4. The third-order valence-corrected chi connectivity index (χ3v) is 8.78. The van der Waals surface area contributed by atoms with E-state index in [4.69, 9.17) is 0 Å². The largest absolute Gasteiger partial charge is 0.390 e. The van der Waals surface area contributed by atoms with E-state index in [2.05, 4.69) is 0 Å². The molecular formula is C22H28F2O5. The molecule has 0 amide bonds. The molecule has 4 rings (SSSR count). The van der Waals surface area contributed by atoms with Crippen molar-refractivity contribution in [3.63, 3.8) is 0 Å². The van der Waals surface area contributed by atoms with Gasteiger partial charge < -0.3 is 15.3 Å². The van der Waals surface area contributed by atoms with E-state index in [-0.39, 0.29) is 24.8 Å². The molecule has 4 aliphatic rings. The molecule has 9 atom stereocenters. The predicted octanol–water partition coefficient (Wildman–Crippen LogP) is 1.84. The van der Waals surface area contributed by atoms with Gasteiger partial charge in [0, 0.05) is 16.7 Å². The van der Waals surface area contributed by atoms with Crippen LogP contribution in [-0.2, 0) is 9.59 Å². The summed E-state index contributed by atoms with van der Waals surface area (Å²) in [5, 5.41) is 31.9. The Bertz CT molecular complexity index is 839. The lowest BCUT2D eigenvalue weighted by molar-refractivity contribution is -0.223. The van der Waals surface area contributed by atoms with Crippen molar-refractivity contribution >= 4 is 11.6 Å². The van der Waals surface area contributed by atoms with Crippen molar-refractivity contribution in [3.8, 4) is 0 Å². The topological polar surface area (TPSA) is 94.8 Å². The molecule has 160 valence electrons. The van der Waals surface area contributed by atoms with Crippen LogP contribution in [0.25, 0.3) is 0 Å². The van der Waals surface area contributed by atoms with Gasteiger partial charge in [0.15, 0.2) is 17.2 Å². The normalized spacial score (nSPS) is 53.7. The first kappa shape index (κ1) is 20.8. The molecular weight excluding hydrogens is 382 g/mol. The maximum absolute atomic E-state index is 16.9. The molecule has 7 heteroatoms. The maximum Gasteiger partial charge on any atom is 0.190 e. The summed E-state index contributed by atoms with van der Waals surface area (Å²) < 4.78 is 32.1. The Kier molecular flexibility index (Phi) is 4.34. The Balaban J connectivity index is 1.87. The molecule has 0 aromatic rings. The van der Waals surface area contributed by atoms with Crippen molar-refractivity contribution in [2.45, 2.75) is 63.6 Å². The summed E-state index contributed by atoms with van der Waals surface area (Å²) >= 11 is 0. The van der Waals surface area contributed by atoms with Crippen LogP contribution in [0.5, 0.6) is 0 Å². The molecule has 0 bridgehead atoms. The smallest absolute Gasteiger partial charge is 0.190 e. The van der Waals surface area contributed by atoms with E-state index in [1.54, 1.807) is 13.8 Å². The zero-order valence-corrected chi connectivity index (χ0v) is 16.9. The lowest BCUT2D eigenvalue weighted by atomic mass is 9.44. The predicted molar refractivity (Wildman–Crippen MR) is 100 cm³/mol. The molecule has 0 unspecified atom stereocenters. The molecule has 0 saturated heterocycles. The minimum Gasteiger partial charge on any atom is -0.390 e. The van der Waals surface area contributed by atoms with Crippen molar-refractivity contribution in [2.24, 2.45) is 28.6 Å². The number of aliphatic hydroxyl groups is 3. The Hall–Kier alpha value is -1.44. The van der Waals surface area contributed by atoms with Gasteiger partial charge in [-0.1, -0.05) is 19.9 Å². The van der Waals surface area contributed by atoms with Gasteiger partial charge in [-0.2, -0.15) is 0 Å². The highest BCUT2D eigenvalue weighted by atomic mass is 19.1. The van der Waals surface area contributed by atoms with Crippen LogP contribution in [0.2, 0.25) is 0 Å². The van der Waals surface area contributed by atoms with Gasteiger partial charge in [0.1, 0.15) is 18.4 Å². The molecule has 3 N–H and O–H groups in total. The van der Waals surface area contributed by atoms with Crippen LogP contribution >= 0.6 is 0 Å². The highest BCUT2D eigenvalue weighted by molar-refractivity contribution is 6.01. The Labute approximate surface area is 168 Å². The molecule has 3 saturated carbocycles. The van der Waals surface area contributed by atoms with Crippen LogP contribution in [0, 0.1) is 28.6 Å². The molecule has 0 spiro atoms. The van der Waals surface area contributed by atoms with E-state index in [0.29, 0.717) is 0 Å². The number of alkyl halides is 2. The maximum atomic E-state index is 16.9. The number of aliphatic hydroxyl groups excluding tert-OH is 2. The third-order valence-electron chi connectivity index (χ3n) is 8.78. The number of allylic oxidation sites excluding steroid dienone is 4. The van der Waals surface area contributed by atoms with Gasteiger partial charge in [0.2, 0.25) is 0 Å². The summed E-state index contributed by atoms with van der Waals surface area (Å²) in [4.78, 5) is 24.3. The van der Waals surface area contributed by atoms with Crippen molar-refractivity contribution in [1.29, 1.82) is 0 Å². The fourth-order valence-corrected chi connectivity index (χ4v) is 7.25. The van der Waals surface area contributed by atoms with Crippen LogP contribution in [0.1, 0.15) is 40.0 Å². The lowest BCUT2D eigenvalue weighted by Gasteiger charge is -2.63. The average Bonchev–Trinajstić information content (AvgIpc) is 2.86. The number of carbonyl (C=O) groups is 2. The third kappa shape index (κ3) is 2.19. The SMILES string of the molecule is C[C@@H]1C[C@H]2[C@@H]3C[C@@H](F)C4=CC(=O)C=C[C@]4(C)[C@@]3(F)[C@@H](O)C[C@]2(C)[C@@]1(O)C(=O)CO. The molecule has 3 fully saturated rings. The van der Waals surface area contributed by atoms with Crippen LogP contribution < -0.4 is 0 Å². The number of Topliss-reactive ketones (excluding diaryl/α,β-unsaturated/α-hetero) is 1. The van der Waals surface area contributed by atoms with Gasteiger partial charge in [-0.15, -0.1) is 0 Å². The fourth-order valence-electron chi connectivity index (χ4n) is 7.25. The van der Waals surface area contributed by atoms with Gasteiger partial charge in [0.05, 0.1) is 6.10 Å². The molecule has 0 heterocycles. The molecule has 5 nitrogen and oxygen atoms in total. The summed E-state index contributed by atoms with van der Waals surface area (Å²) in [6.45, 7) is 3.96. The fraction of sp³-hybridized carbons (Fsp3) is 0.727. The quantitative estimate of drug-likeness (QED) is 0.646. The summed E-state index contributed by atoms with van der Waals surface area (Å²) in [7, 11) is 0. The summed E-state index contributed by atoms with van der Waals surface area (Å²) in [6.07, 6.45) is 0.427. The summed E-state index contributed by atoms with van der Waals surface area (Å²) in [5.74, 6) is -3.24. The van der Waals surface area contributed by atoms with E-state index in [1.807, 2.05) is 0 Å². The second kappa shape index (κ2) is 6.05. The number of ketones is 2. The first-order valence-corrected chi connectivity index (χ1v) is 10.2. The number of hydrogen-bond acceptors (Lipinski definition) is 5. The van der Waals surface area contributed by atoms with Gasteiger partial charge in [0.25, 0.3) is 0 Å². The lowest BCUT2D eigenvalue weighted by Crippen LogP contribution is -2.70. The summed E-state index contributed by atoms with van der Waals surface area (Å²) in [6, 6.07) is 0. The highest BCUT2D eigenvalue weighted by Crippen LogP contribution is 2.70. The van der Waals surface area contributed by atoms with Crippen LogP contribution in [-0.4, -0.2) is 57.0 Å². The number of hydrogen-bond donors (Lipinski definition) is 3. The Morgan fingerprint density at radius 2 is 1.93 bits per heavy atom. The zero-order chi connectivity index (χ0) is 21.6. The number of halogens is 2. The molecule has 0 aromatic heterocycles. The first-order valence-electron chi connectivity index (χ1n) is 10.2. The van der Waals surface area contributed by atoms with Crippen molar-refractivity contribution in [2.75, 3.05) is 6.61 Å². The molecule has 0 aliphatic heterocycles. The van der Waals surface area contributed by atoms with Gasteiger partial charge >= 0.3 is 0 Å². The molecule has 29 heavy (non-hydrogen) atoms. The number of fused-ring (bicyclic) bond motifs is 5. The van der Waals surface area contributed by atoms with Gasteiger partial charge in [-0.05, 0) is 55.7 Å². The van der Waals surface area contributed by atoms with E-state index < -0.39 is 70.3 Å². The van der Waals surface area contributed by atoms with Crippen LogP contribution in [0.15, 0.2) is 23.8 Å². The minimum absolute atomic E-state index is 0.0409. The second-order valence-electron chi connectivity index (χ2n) is 9.84. The average molecular weight is 410 g/mol. The standard InChI is InChI=1S/C22H28F2O5/c1-11-6-13-14-8-16(23)15-7-12(26)4-5-19(15,2)21(14,24)17(27)9-20(13,3)22(11,29)18(28)10-25/h4-5,7,11,13-14,16-17,25,27,29H,6,8-10H2,1-3H3/t11-,13+,14+,16-,17+,19+,20+,21+,22+/m1/s1. The second-order valence-corrected chi connectivity index (χ2v) is 9.84. The van der Waals surface area contributed by atoms with Crippen LogP contribution in [0.4, 0.5) is 8.78 Å². The van der Waals surface area contributed by atoms with E-state index in [9.17, 15) is 24.9 Å². The highest BCUT2D eigenvalue weighted by Gasteiger charge is 2.76. The number of rotatable bonds is 2. The van der Waals surface area contributed by atoms with Gasteiger partial charge in [-0.3, -0.25) is 9.59 Å². The van der Waals surface area contributed by atoms with Crippen LogP contribution in [0.3, 0.4) is 0 Å². The molecule has 4 aliphatic carbocycles. The van der Waals surface area contributed by atoms with E-state index in [0.717, 1.165) is 6.08 Å². The summed E-state index contributed by atoms with van der Waals surface area (Å²) in [5.41, 5.74) is -6.81. The van der Waals surface area contributed by atoms with Gasteiger partial charge in [-0.25, -0.2) is 8.78 Å². The number of carbonyl (C=O) groups excluding carboxylic acids is 2. The zero-order valence-electron chi connectivity index (χ0n) is 16.9. The Morgan fingerprint density at radius 1 is 1.28 bits per heavy atom. The van der Waals surface area contributed by atoms with E-state index >= 15 is 8.78 Å². The minimum atomic E-state index is -2.24. The van der Waals surface area contributed by atoms with Crippen molar-refractivity contribution in [1.82, 2.24) is 0 Å². The molecule has 0 radical (unpaired) electrons. The molecule has 0 aromatic carbocycles.